The number of benzene rings is 1. The third kappa shape index (κ3) is 3.83. The molecule has 2 heteroatoms. The fraction of sp³-hybridized carbons (Fsp3) is 0.600. The van der Waals surface area contributed by atoms with E-state index in [1.165, 1.54) is 37.1 Å². The lowest BCUT2D eigenvalue weighted by atomic mass is 9.89. The van der Waals surface area contributed by atoms with Crippen molar-refractivity contribution in [1.82, 2.24) is 5.32 Å². The third-order valence-corrected chi connectivity index (χ3v) is 3.60. The van der Waals surface area contributed by atoms with Crippen LogP contribution in [-0.2, 0) is 11.2 Å². The molecule has 0 bridgehead atoms. The van der Waals surface area contributed by atoms with Gasteiger partial charge in [-0.15, -0.1) is 0 Å². The number of methoxy groups -OCH3 is 1. The van der Waals surface area contributed by atoms with Gasteiger partial charge in [-0.3, -0.25) is 0 Å². The zero-order chi connectivity index (χ0) is 11.9. The van der Waals surface area contributed by atoms with Crippen LogP contribution < -0.4 is 5.32 Å². The molecule has 2 rings (SSSR count). The van der Waals surface area contributed by atoms with Crippen molar-refractivity contribution in [2.24, 2.45) is 0 Å². The van der Waals surface area contributed by atoms with Gasteiger partial charge in [0.25, 0.3) is 0 Å². The average Bonchev–Trinajstić information content (AvgIpc) is 2.41. The largest absolute Gasteiger partial charge is 0.385 e. The minimum absolute atomic E-state index is 0.768. The van der Waals surface area contributed by atoms with Crippen molar-refractivity contribution in [1.29, 1.82) is 0 Å². The summed E-state index contributed by atoms with van der Waals surface area (Å²) >= 11 is 0. The summed E-state index contributed by atoms with van der Waals surface area (Å²) in [6.45, 7) is 3.19. The van der Waals surface area contributed by atoms with Gasteiger partial charge in [-0.25, -0.2) is 0 Å². The summed E-state index contributed by atoms with van der Waals surface area (Å²) in [6.07, 6.45) is 4.80. The predicted molar refractivity (Wildman–Crippen MR) is 71.5 cm³/mol. The van der Waals surface area contributed by atoms with Crippen LogP contribution in [-0.4, -0.2) is 26.8 Å². The Hall–Kier alpha value is -0.860. The molecular weight excluding hydrogens is 210 g/mol. The van der Waals surface area contributed by atoms with E-state index in [0.29, 0.717) is 0 Å². The number of ether oxygens (including phenoxy) is 1. The molecule has 0 saturated carbocycles. The van der Waals surface area contributed by atoms with E-state index in [-0.39, 0.29) is 0 Å². The molecule has 0 aromatic heterocycles. The Morgan fingerprint density at radius 2 is 1.88 bits per heavy atom. The van der Waals surface area contributed by atoms with Crippen molar-refractivity contribution in [2.75, 3.05) is 26.8 Å². The normalized spacial score (nSPS) is 17.2. The van der Waals surface area contributed by atoms with Crippen molar-refractivity contribution in [3.8, 4) is 0 Å². The highest BCUT2D eigenvalue weighted by Crippen LogP contribution is 2.25. The minimum Gasteiger partial charge on any atom is -0.385 e. The maximum absolute atomic E-state index is 5.08. The number of aryl methyl sites for hydroxylation is 1. The van der Waals surface area contributed by atoms with E-state index in [2.05, 4.69) is 29.6 Å². The lowest BCUT2D eigenvalue weighted by Gasteiger charge is -2.23. The van der Waals surface area contributed by atoms with Crippen LogP contribution in [0.15, 0.2) is 24.3 Å². The van der Waals surface area contributed by atoms with Crippen LogP contribution in [0, 0.1) is 0 Å². The molecule has 0 aliphatic carbocycles. The smallest absolute Gasteiger partial charge is 0.0465 e. The lowest BCUT2D eigenvalue weighted by molar-refractivity contribution is 0.195. The highest BCUT2D eigenvalue weighted by molar-refractivity contribution is 5.26. The maximum atomic E-state index is 5.08. The SMILES string of the molecule is COCCCc1ccc(C2CCNCC2)cc1. The van der Waals surface area contributed by atoms with Crippen molar-refractivity contribution in [3.05, 3.63) is 35.4 Å². The van der Waals surface area contributed by atoms with Gasteiger partial charge in [0.1, 0.15) is 0 Å². The highest BCUT2D eigenvalue weighted by atomic mass is 16.5. The molecule has 1 heterocycles. The number of piperidine rings is 1. The van der Waals surface area contributed by atoms with Crippen LogP contribution in [0.25, 0.3) is 0 Å². The first-order valence-corrected chi connectivity index (χ1v) is 6.68. The van der Waals surface area contributed by atoms with Crippen LogP contribution in [0.3, 0.4) is 0 Å². The Balaban J connectivity index is 1.88. The zero-order valence-electron chi connectivity index (χ0n) is 10.7. The fourth-order valence-electron chi connectivity index (χ4n) is 2.53. The van der Waals surface area contributed by atoms with Crippen molar-refractivity contribution in [3.63, 3.8) is 0 Å². The molecule has 1 aromatic carbocycles. The minimum atomic E-state index is 0.768. The number of nitrogens with one attached hydrogen (secondary N) is 1. The molecule has 2 nitrogen and oxygen atoms in total. The molecule has 94 valence electrons. The number of rotatable bonds is 5. The second-order valence-corrected chi connectivity index (χ2v) is 4.86. The maximum Gasteiger partial charge on any atom is 0.0465 e. The molecule has 0 unspecified atom stereocenters. The summed E-state index contributed by atoms with van der Waals surface area (Å²) in [5.74, 6) is 0.768. The van der Waals surface area contributed by atoms with Gasteiger partial charge in [0.2, 0.25) is 0 Å². The molecule has 0 amide bonds. The fourth-order valence-corrected chi connectivity index (χ4v) is 2.53. The van der Waals surface area contributed by atoms with Crippen LogP contribution in [0.5, 0.6) is 0 Å². The van der Waals surface area contributed by atoms with Crippen LogP contribution in [0.2, 0.25) is 0 Å². The molecule has 1 aromatic rings. The summed E-state index contributed by atoms with van der Waals surface area (Å²) in [6, 6.07) is 9.20. The van der Waals surface area contributed by atoms with Gasteiger partial charge in [-0.05, 0) is 55.8 Å². The Morgan fingerprint density at radius 3 is 2.53 bits per heavy atom. The van der Waals surface area contributed by atoms with Gasteiger partial charge in [0.05, 0.1) is 0 Å². The van der Waals surface area contributed by atoms with Crippen molar-refractivity contribution >= 4 is 0 Å². The van der Waals surface area contributed by atoms with E-state index in [9.17, 15) is 0 Å². The zero-order valence-corrected chi connectivity index (χ0v) is 10.7. The Kier molecular flexibility index (Phi) is 5.02. The van der Waals surface area contributed by atoms with E-state index in [1.807, 2.05) is 0 Å². The van der Waals surface area contributed by atoms with Crippen LogP contribution in [0.4, 0.5) is 0 Å². The summed E-state index contributed by atoms with van der Waals surface area (Å²) in [7, 11) is 1.76. The predicted octanol–water partition coefficient (Wildman–Crippen LogP) is 2.73. The third-order valence-electron chi connectivity index (χ3n) is 3.60. The molecular formula is C15H23NO. The van der Waals surface area contributed by atoms with Gasteiger partial charge in [0.15, 0.2) is 0 Å². The molecule has 1 aliphatic rings. The highest BCUT2D eigenvalue weighted by Gasteiger charge is 2.14. The second-order valence-electron chi connectivity index (χ2n) is 4.86. The van der Waals surface area contributed by atoms with E-state index in [4.69, 9.17) is 4.74 Å². The van der Waals surface area contributed by atoms with Gasteiger partial charge in [-0.1, -0.05) is 24.3 Å². The monoisotopic (exact) mass is 233 g/mol. The standard InChI is InChI=1S/C15H23NO/c1-17-12-2-3-13-4-6-14(7-5-13)15-8-10-16-11-9-15/h4-7,15-16H,2-3,8-12H2,1H3. The first-order chi connectivity index (χ1) is 8.40. The molecule has 1 saturated heterocycles. The van der Waals surface area contributed by atoms with Gasteiger partial charge in [0, 0.05) is 13.7 Å². The Labute approximate surface area is 104 Å². The summed E-state index contributed by atoms with van der Waals surface area (Å²) in [5.41, 5.74) is 2.95. The lowest BCUT2D eigenvalue weighted by Crippen LogP contribution is -2.26. The first-order valence-electron chi connectivity index (χ1n) is 6.68. The average molecular weight is 233 g/mol. The van der Waals surface area contributed by atoms with Gasteiger partial charge >= 0.3 is 0 Å². The summed E-state index contributed by atoms with van der Waals surface area (Å²) < 4.78 is 5.08. The molecule has 1 fully saturated rings. The summed E-state index contributed by atoms with van der Waals surface area (Å²) in [5, 5.41) is 3.42. The van der Waals surface area contributed by atoms with Crippen LogP contribution in [0.1, 0.15) is 36.3 Å². The number of hydrogen-bond acceptors (Lipinski definition) is 2. The van der Waals surface area contributed by atoms with Gasteiger partial charge < -0.3 is 10.1 Å². The van der Waals surface area contributed by atoms with E-state index >= 15 is 0 Å². The second kappa shape index (κ2) is 6.77. The quantitative estimate of drug-likeness (QED) is 0.790. The number of hydrogen-bond donors (Lipinski definition) is 1. The molecule has 0 radical (unpaired) electrons. The molecule has 0 spiro atoms. The first kappa shape index (κ1) is 12.6. The van der Waals surface area contributed by atoms with Crippen molar-refractivity contribution in [2.45, 2.75) is 31.6 Å². The van der Waals surface area contributed by atoms with E-state index in [0.717, 1.165) is 25.4 Å². The van der Waals surface area contributed by atoms with Crippen molar-refractivity contribution < 1.29 is 4.74 Å². The molecule has 1 aliphatic heterocycles. The van der Waals surface area contributed by atoms with Crippen LogP contribution >= 0.6 is 0 Å². The van der Waals surface area contributed by atoms with E-state index in [1.54, 1.807) is 7.11 Å². The topological polar surface area (TPSA) is 21.3 Å². The molecule has 1 N–H and O–H groups in total. The molecule has 0 atom stereocenters. The van der Waals surface area contributed by atoms with E-state index < -0.39 is 0 Å². The summed E-state index contributed by atoms with van der Waals surface area (Å²) in [4.78, 5) is 0. The Bertz CT molecular complexity index is 314. The molecule has 17 heavy (non-hydrogen) atoms. The Morgan fingerprint density at radius 1 is 1.18 bits per heavy atom. The van der Waals surface area contributed by atoms with Gasteiger partial charge in [-0.2, -0.15) is 0 Å².